The van der Waals surface area contributed by atoms with E-state index in [1.807, 2.05) is 13.0 Å². The quantitative estimate of drug-likeness (QED) is 0.690. The van der Waals surface area contributed by atoms with Gasteiger partial charge in [0.15, 0.2) is 9.84 Å². The summed E-state index contributed by atoms with van der Waals surface area (Å²) in [5, 5.41) is 0. The molecule has 3 aromatic rings. The van der Waals surface area contributed by atoms with E-state index in [-0.39, 0.29) is 6.04 Å². The number of hydrogen-bond acceptors (Lipinski definition) is 6. The zero-order valence-corrected chi connectivity index (χ0v) is 16.7. The highest BCUT2D eigenvalue weighted by molar-refractivity contribution is 7.90. The van der Waals surface area contributed by atoms with E-state index in [0.717, 1.165) is 29.1 Å². The van der Waals surface area contributed by atoms with Crippen molar-refractivity contribution in [3.05, 3.63) is 42.0 Å². The number of rotatable bonds is 3. The Bertz CT molecular complexity index is 1120. The lowest BCUT2D eigenvalue weighted by molar-refractivity contribution is 0.387. The fraction of sp³-hybridized carbons (Fsp3) is 0.421. The van der Waals surface area contributed by atoms with Crippen molar-refractivity contribution in [2.45, 2.75) is 38.3 Å². The van der Waals surface area contributed by atoms with Crippen LogP contribution in [0.25, 0.3) is 11.0 Å². The molecule has 0 saturated heterocycles. The van der Waals surface area contributed by atoms with E-state index in [0.29, 0.717) is 23.3 Å². The van der Waals surface area contributed by atoms with E-state index >= 15 is 0 Å². The van der Waals surface area contributed by atoms with Gasteiger partial charge >= 0.3 is 0 Å². The molecule has 0 saturated carbocycles. The van der Waals surface area contributed by atoms with Gasteiger partial charge in [0.25, 0.3) is 0 Å². The summed E-state index contributed by atoms with van der Waals surface area (Å²) in [4.78, 5) is 16.4. The topological polar surface area (TPSA) is 81.0 Å². The minimum Gasteiger partial charge on any atom is -0.329 e. The Morgan fingerprint density at radius 2 is 1.93 bits per heavy atom. The number of nitrogens with zero attached hydrogens (tertiary/aromatic N) is 5. The number of imidazole rings is 1. The van der Waals surface area contributed by atoms with Gasteiger partial charge in [0, 0.05) is 31.2 Å². The first-order chi connectivity index (χ1) is 12.8. The second-order valence-corrected chi connectivity index (χ2v) is 9.44. The summed E-state index contributed by atoms with van der Waals surface area (Å²) < 4.78 is 26.0. The monoisotopic (exact) mass is 385 g/mol. The van der Waals surface area contributed by atoms with Crippen molar-refractivity contribution in [3.63, 3.8) is 0 Å². The number of aryl methyl sites for hydroxylation is 1. The van der Waals surface area contributed by atoms with Crippen molar-refractivity contribution in [1.29, 1.82) is 0 Å². The molecule has 1 aliphatic rings. The van der Waals surface area contributed by atoms with Gasteiger partial charge in [0.1, 0.15) is 5.82 Å². The molecule has 1 atom stereocenters. The largest absolute Gasteiger partial charge is 0.329 e. The molecule has 0 fully saturated rings. The van der Waals surface area contributed by atoms with E-state index in [2.05, 4.69) is 33.3 Å². The number of hydrogen-bond donors (Lipinski definition) is 0. The molecule has 3 heterocycles. The summed E-state index contributed by atoms with van der Waals surface area (Å²) in [6.07, 6.45) is 3.01. The smallest absolute Gasteiger partial charge is 0.226 e. The maximum Gasteiger partial charge on any atom is 0.226 e. The second kappa shape index (κ2) is 6.30. The standard InChI is InChI=1S/C19H23N5O2S/c1-12(2)17-18-22-15-6-5-14(27(4,25)26)11-16(15)23(18)9-10-24(17)19-20-8-7-13(3)21-19/h5-8,11-12,17H,9-10H2,1-4H3/t17-/m0/s1. The van der Waals surface area contributed by atoms with Crippen LogP contribution < -0.4 is 4.90 Å². The van der Waals surface area contributed by atoms with Gasteiger partial charge in [0.2, 0.25) is 5.95 Å². The third-order valence-corrected chi connectivity index (χ3v) is 6.12. The van der Waals surface area contributed by atoms with E-state index in [9.17, 15) is 8.42 Å². The van der Waals surface area contributed by atoms with Crippen molar-refractivity contribution in [2.24, 2.45) is 5.92 Å². The first kappa shape index (κ1) is 17.9. The van der Waals surface area contributed by atoms with Gasteiger partial charge < -0.3 is 9.47 Å². The lowest BCUT2D eigenvalue weighted by Crippen LogP contribution is -2.41. The summed E-state index contributed by atoms with van der Waals surface area (Å²) in [6, 6.07) is 7.07. The average molecular weight is 385 g/mol. The van der Waals surface area contributed by atoms with Crippen molar-refractivity contribution in [3.8, 4) is 0 Å². The zero-order valence-electron chi connectivity index (χ0n) is 15.9. The molecule has 7 nitrogen and oxygen atoms in total. The van der Waals surface area contributed by atoms with Crippen LogP contribution in [0.1, 0.15) is 31.4 Å². The maximum absolute atomic E-state index is 12.0. The summed E-state index contributed by atoms with van der Waals surface area (Å²) in [5.74, 6) is 1.94. The van der Waals surface area contributed by atoms with Crippen LogP contribution in [0.5, 0.6) is 0 Å². The molecule has 0 N–H and O–H groups in total. The van der Waals surface area contributed by atoms with Crippen LogP contribution in [-0.4, -0.2) is 40.7 Å². The predicted molar refractivity (Wildman–Crippen MR) is 105 cm³/mol. The average Bonchev–Trinajstić information content (AvgIpc) is 2.97. The van der Waals surface area contributed by atoms with Crippen molar-refractivity contribution in [1.82, 2.24) is 19.5 Å². The van der Waals surface area contributed by atoms with Gasteiger partial charge in [-0.2, -0.15) is 0 Å². The van der Waals surface area contributed by atoms with Crippen LogP contribution in [0, 0.1) is 12.8 Å². The van der Waals surface area contributed by atoms with E-state index in [1.165, 1.54) is 6.26 Å². The Morgan fingerprint density at radius 3 is 2.59 bits per heavy atom. The molecule has 1 aromatic carbocycles. The molecular formula is C19H23N5O2S. The van der Waals surface area contributed by atoms with Crippen LogP contribution in [0.3, 0.4) is 0 Å². The lowest BCUT2D eigenvalue weighted by Gasteiger charge is -2.38. The second-order valence-electron chi connectivity index (χ2n) is 7.42. The molecule has 0 bridgehead atoms. The minimum atomic E-state index is -3.26. The number of sulfone groups is 1. The summed E-state index contributed by atoms with van der Waals surface area (Å²) in [5.41, 5.74) is 2.61. The van der Waals surface area contributed by atoms with Crippen LogP contribution in [0.15, 0.2) is 35.4 Å². The number of aromatic nitrogens is 4. The van der Waals surface area contributed by atoms with Crippen molar-refractivity contribution >= 4 is 26.8 Å². The Kier molecular flexibility index (Phi) is 4.18. The van der Waals surface area contributed by atoms with Gasteiger partial charge in [-0.15, -0.1) is 0 Å². The van der Waals surface area contributed by atoms with Crippen LogP contribution >= 0.6 is 0 Å². The molecule has 142 valence electrons. The Labute approximate surface area is 159 Å². The summed E-state index contributed by atoms with van der Waals surface area (Å²) in [7, 11) is -3.26. The first-order valence-corrected chi connectivity index (χ1v) is 10.9. The molecule has 4 rings (SSSR count). The summed E-state index contributed by atoms with van der Waals surface area (Å²) >= 11 is 0. The molecule has 0 radical (unpaired) electrons. The Hall–Kier alpha value is -2.48. The predicted octanol–water partition coefficient (Wildman–Crippen LogP) is 2.76. The van der Waals surface area contributed by atoms with Crippen molar-refractivity contribution < 1.29 is 8.42 Å². The van der Waals surface area contributed by atoms with Gasteiger partial charge in [0.05, 0.1) is 22.0 Å². The van der Waals surface area contributed by atoms with Crippen LogP contribution in [0.4, 0.5) is 5.95 Å². The highest BCUT2D eigenvalue weighted by Crippen LogP contribution is 2.36. The van der Waals surface area contributed by atoms with E-state index in [1.54, 1.807) is 24.4 Å². The molecule has 0 aliphatic carbocycles. The molecule has 2 aromatic heterocycles. The highest BCUT2D eigenvalue weighted by Gasteiger charge is 2.34. The number of benzene rings is 1. The van der Waals surface area contributed by atoms with E-state index < -0.39 is 9.84 Å². The molecule has 0 unspecified atom stereocenters. The normalized spacial score (nSPS) is 17.5. The fourth-order valence-electron chi connectivity index (χ4n) is 3.76. The van der Waals surface area contributed by atoms with E-state index in [4.69, 9.17) is 4.98 Å². The van der Waals surface area contributed by atoms with Gasteiger partial charge in [-0.3, -0.25) is 0 Å². The first-order valence-electron chi connectivity index (χ1n) is 9.02. The third kappa shape index (κ3) is 3.07. The van der Waals surface area contributed by atoms with Crippen molar-refractivity contribution in [2.75, 3.05) is 17.7 Å². The van der Waals surface area contributed by atoms with Crippen LogP contribution in [0.2, 0.25) is 0 Å². The van der Waals surface area contributed by atoms with Crippen LogP contribution in [-0.2, 0) is 16.4 Å². The van der Waals surface area contributed by atoms with Gasteiger partial charge in [-0.25, -0.2) is 23.4 Å². The molecular weight excluding hydrogens is 362 g/mol. The summed E-state index contributed by atoms with van der Waals surface area (Å²) in [6.45, 7) is 7.73. The Balaban J connectivity index is 1.87. The fourth-order valence-corrected chi connectivity index (χ4v) is 4.40. The molecule has 27 heavy (non-hydrogen) atoms. The zero-order chi connectivity index (χ0) is 19.3. The molecule has 0 amide bonds. The van der Waals surface area contributed by atoms with Gasteiger partial charge in [-0.1, -0.05) is 13.8 Å². The third-order valence-electron chi connectivity index (χ3n) is 5.01. The molecule has 1 aliphatic heterocycles. The van der Waals surface area contributed by atoms with Gasteiger partial charge in [-0.05, 0) is 37.1 Å². The SMILES string of the molecule is Cc1ccnc(N2CCn3c(nc4ccc(S(C)(=O)=O)cc43)[C@@H]2C(C)C)n1. The number of fused-ring (bicyclic) bond motifs is 3. The number of anilines is 1. The Morgan fingerprint density at radius 1 is 1.15 bits per heavy atom. The minimum absolute atomic E-state index is 0.0228. The highest BCUT2D eigenvalue weighted by atomic mass is 32.2. The maximum atomic E-state index is 12.0. The lowest BCUT2D eigenvalue weighted by atomic mass is 10.00. The molecule has 8 heteroatoms. The molecule has 0 spiro atoms.